The van der Waals surface area contributed by atoms with Gasteiger partial charge in [0.1, 0.15) is 33.5 Å². The molecule has 0 radical (unpaired) electrons. The number of furan rings is 3. The first-order valence-electron chi connectivity index (χ1n) is 39.5. The van der Waals surface area contributed by atoms with E-state index < -0.39 is 0 Å². The molecule has 0 amide bonds. The number of rotatable bonds is 10. The molecule has 0 saturated carbocycles. The van der Waals surface area contributed by atoms with Crippen LogP contribution in [0.5, 0.6) is 0 Å². The third-order valence-corrected chi connectivity index (χ3v) is 22.4. The molecule has 16 aromatic carbocycles. The van der Waals surface area contributed by atoms with Crippen molar-refractivity contribution in [3.8, 4) is 107 Å². The second kappa shape index (κ2) is 29.2. The lowest BCUT2D eigenvalue weighted by Crippen LogP contribution is -1.95. The van der Waals surface area contributed by atoms with Crippen LogP contribution in [0.25, 0.3) is 227 Å². The number of benzene rings is 16. The van der Waals surface area contributed by atoms with Crippen molar-refractivity contribution in [1.82, 2.24) is 34.5 Å². The van der Waals surface area contributed by atoms with Crippen molar-refractivity contribution in [3.05, 3.63) is 407 Å². The van der Waals surface area contributed by atoms with Crippen molar-refractivity contribution < 1.29 is 13.3 Å². The number of nitrogens with zero attached hydrogens (tertiary/aromatic N) is 7. The molecule has 0 aliphatic carbocycles. The van der Waals surface area contributed by atoms with Gasteiger partial charge in [-0.25, -0.2) is 24.9 Å². The summed E-state index contributed by atoms with van der Waals surface area (Å²) in [5.74, 6) is 1.46. The van der Waals surface area contributed by atoms with Crippen molar-refractivity contribution >= 4 is 120 Å². The van der Waals surface area contributed by atoms with E-state index in [1.54, 1.807) is 0 Å². The highest BCUT2D eigenvalue weighted by Gasteiger charge is 2.21. The molecule has 10 heteroatoms. The first kappa shape index (κ1) is 68.7. The maximum atomic E-state index is 6.20. The molecule has 8 heterocycles. The monoisotopic (exact) mass is 1510 g/mol. The fourth-order valence-corrected chi connectivity index (χ4v) is 16.6. The molecular formula is C108H67N7O3. The molecule has 0 N–H and O–H groups in total. The number of hydrogen-bond donors (Lipinski definition) is 0. The van der Waals surface area contributed by atoms with Crippen molar-refractivity contribution in [1.29, 1.82) is 0 Å². The van der Waals surface area contributed by atoms with Gasteiger partial charge in [0.05, 0.1) is 50.4 Å². The molecule has 0 bridgehead atoms. The van der Waals surface area contributed by atoms with Crippen molar-refractivity contribution in [2.75, 3.05) is 0 Å². The van der Waals surface area contributed by atoms with Gasteiger partial charge in [-0.3, -0.25) is 4.98 Å². The molecule has 118 heavy (non-hydrogen) atoms. The topological polar surface area (TPSA) is 122 Å². The van der Waals surface area contributed by atoms with Gasteiger partial charge in [-0.2, -0.15) is 0 Å². The highest BCUT2D eigenvalue weighted by atomic mass is 16.3. The van der Waals surface area contributed by atoms with Gasteiger partial charge in [-0.1, -0.05) is 279 Å². The molecule has 10 nitrogen and oxygen atoms in total. The zero-order chi connectivity index (χ0) is 78.0. The van der Waals surface area contributed by atoms with Gasteiger partial charge in [0.25, 0.3) is 0 Å². The first-order valence-corrected chi connectivity index (χ1v) is 39.5. The molecule has 0 aliphatic rings. The molecule has 8 aromatic heterocycles. The molecule has 24 aromatic rings. The second-order valence-corrected chi connectivity index (χ2v) is 29.6. The first-order chi connectivity index (χ1) is 58.4. The van der Waals surface area contributed by atoms with E-state index in [4.69, 9.17) is 43.2 Å². The zero-order valence-corrected chi connectivity index (χ0v) is 63.5. The normalized spacial score (nSPS) is 11.6. The lowest BCUT2D eigenvalue weighted by Gasteiger charge is -2.11. The van der Waals surface area contributed by atoms with E-state index in [9.17, 15) is 0 Å². The van der Waals surface area contributed by atoms with Gasteiger partial charge >= 0.3 is 0 Å². The highest BCUT2D eigenvalue weighted by Crippen LogP contribution is 2.42. The Bertz CT molecular complexity index is 7980. The van der Waals surface area contributed by atoms with Crippen LogP contribution < -0.4 is 0 Å². The molecule has 0 fully saturated rings. The molecule has 0 spiro atoms. The van der Waals surface area contributed by atoms with Gasteiger partial charge in [-0.05, 0) is 155 Å². The van der Waals surface area contributed by atoms with Crippen LogP contribution in [0.2, 0.25) is 0 Å². The van der Waals surface area contributed by atoms with Gasteiger partial charge in [0.2, 0.25) is 0 Å². The van der Waals surface area contributed by atoms with Gasteiger partial charge in [-0.15, -0.1) is 0 Å². The van der Waals surface area contributed by atoms with E-state index in [2.05, 4.69) is 290 Å². The summed E-state index contributed by atoms with van der Waals surface area (Å²) < 4.78 is 20.6. The Balaban J connectivity index is 0.000000107. The molecule has 0 unspecified atom stereocenters. The fraction of sp³-hybridized carbons (Fsp3) is 0. The van der Waals surface area contributed by atoms with Crippen LogP contribution in [-0.2, 0) is 0 Å². The Morgan fingerprint density at radius 3 is 1.19 bits per heavy atom. The minimum Gasteiger partial charge on any atom is -0.456 e. The van der Waals surface area contributed by atoms with Crippen molar-refractivity contribution in [2.45, 2.75) is 0 Å². The molecule has 24 rings (SSSR count). The molecule has 0 aliphatic heterocycles. The Morgan fingerprint density at radius 2 is 0.576 bits per heavy atom. The van der Waals surface area contributed by atoms with Crippen LogP contribution in [0.15, 0.2) is 420 Å². The van der Waals surface area contributed by atoms with Gasteiger partial charge in [0, 0.05) is 105 Å². The summed E-state index contributed by atoms with van der Waals surface area (Å²) in [6.07, 6.45) is 1.84. The van der Waals surface area contributed by atoms with E-state index in [1.165, 1.54) is 27.4 Å². The van der Waals surface area contributed by atoms with Gasteiger partial charge < -0.3 is 17.8 Å². The van der Waals surface area contributed by atoms with E-state index in [-0.39, 0.29) is 0 Å². The maximum absolute atomic E-state index is 6.20. The Hall–Kier alpha value is -16.0. The second-order valence-electron chi connectivity index (χ2n) is 29.6. The van der Waals surface area contributed by atoms with Crippen LogP contribution in [0.4, 0.5) is 0 Å². The summed E-state index contributed by atoms with van der Waals surface area (Å²) in [6.45, 7) is 0. The third-order valence-electron chi connectivity index (χ3n) is 22.4. The SMILES string of the molecule is c1ccc(-c2nc(-c3ccccc3)c3cc(-c4ccc(-c5ccc6oc7ccccc7c6c5)cc4)ccc3n2)cc1.c1ccc(-c2nc(-c3ccccc3)c3ccc(-c4ccc5oc6ccccc6c5c4)cc3n2)cc1.c1ccc(-n2c3ccccc3c3ccc(-c4nc(-c5ccc6c(c5)oc5ccccc56)cc5ncccc45)cc32)cc1. The largest absolute Gasteiger partial charge is 0.456 e. The molecule has 552 valence electrons. The minimum atomic E-state index is 0.727. The van der Waals surface area contributed by atoms with Crippen LogP contribution in [0.3, 0.4) is 0 Å². The summed E-state index contributed by atoms with van der Waals surface area (Å²) in [4.78, 5) is 30.0. The quantitative estimate of drug-likeness (QED) is 0.132. The standard InChI is InChI=1S/C38H23N3O.C38H24N2O.C32H20N2O/c1-2-9-26(10-3-1)41-34-14-6-4-11-27(34)28-18-17-25(21-35(28)41)38-31-13-8-20-39-33(31)23-32(40-38)24-16-19-30-29-12-5-7-15-36(29)42-37(30)22-24;1-3-9-27(10-4-1)37-33-24-29(19-21-34(33)39-38(40-37)28-11-5-2-6-12-28)25-15-17-26(18-16-25)30-20-22-36-32(23-30)31-13-7-8-14-35(31)41-36;1-3-9-21(10-4-1)31-26-17-15-24(20-28(26)33-32(34-31)22-11-5-2-6-12-22)23-16-18-30-27(19-23)25-13-7-8-14-29(25)35-30/h1-23H;1-24H;1-20H. The summed E-state index contributed by atoms with van der Waals surface area (Å²) in [5, 5.41) is 12.3. The van der Waals surface area contributed by atoms with E-state index in [0.29, 0.717) is 0 Å². The van der Waals surface area contributed by atoms with Crippen molar-refractivity contribution in [2.24, 2.45) is 0 Å². The van der Waals surface area contributed by atoms with E-state index in [1.807, 2.05) is 121 Å². The summed E-state index contributed by atoms with van der Waals surface area (Å²) in [6, 6.07) is 138. The molecular weight excluding hydrogens is 1440 g/mol. The summed E-state index contributed by atoms with van der Waals surface area (Å²) in [7, 11) is 0. The smallest absolute Gasteiger partial charge is 0.160 e. The molecule has 0 atom stereocenters. The van der Waals surface area contributed by atoms with Crippen LogP contribution >= 0.6 is 0 Å². The van der Waals surface area contributed by atoms with Crippen LogP contribution in [0, 0.1) is 0 Å². The zero-order valence-electron chi connectivity index (χ0n) is 63.5. The number of aromatic nitrogens is 7. The number of para-hydroxylation sites is 5. The van der Waals surface area contributed by atoms with Crippen molar-refractivity contribution in [3.63, 3.8) is 0 Å². The number of pyridine rings is 2. The Labute approximate surface area is 677 Å². The third kappa shape index (κ3) is 12.6. The van der Waals surface area contributed by atoms with Gasteiger partial charge in [0.15, 0.2) is 11.6 Å². The van der Waals surface area contributed by atoms with Crippen LogP contribution in [0.1, 0.15) is 0 Å². The average molecular weight is 1510 g/mol. The minimum absolute atomic E-state index is 0.727. The predicted molar refractivity (Wildman–Crippen MR) is 484 cm³/mol. The fourth-order valence-electron chi connectivity index (χ4n) is 16.6. The lowest BCUT2D eigenvalue weighted by atomic mass is 9.97. The number of fused-ring (bicyclic) bond motifs is 15. The summed E-state index contributed by atoms with van der Waals surface area (Å²) >= 11 is 0. The van der Waals surface area contributed by atoms with E-state index in [0.717, 1.165) is 200 Å². The highest BCUT2D eigenvalue weighted by molar-refractivity contribution is 6.13. The summed E-state index contributed by atoms with van der Waals surface area (Å²) in [5.41, 5.74) is 28.3. The number of hydrogen-bond acceptors (Lipinski definition) is 9. The molecule has 0 saturated heterocycles. The lowest BCUT2D eigenvalue weighted by molar-refractivity contribution is 0.668. The maximum Gasteiger partial charge on any atom is 0.160 e. The Morgan fingerprint density at radius 1 is 0.186 bits per heavy atom. The Kier molecular flexibility index (Phi) is 17.0. The average Bonchev–Trinajstić information content (AvgIpc) is 1.57. The van der Waals surface area contributed by atoms with E-state index >= 15 is 0 Å². The van der Waals surface area contributed by atoms with Crippen LogP contribution in [-0.4, -0.2) is 34.5 Å². The predicted octanol–water partition coefficient (Wildman–Crippen LogP) is 28.7.